The van der Waals surface area contributed by atoms with E-state index in [9.17, 15) is 23.9 Å². The maximum absolute atomic E-state index is 14.6. The molecule has 2 aromatic rings. The normalized spacial score (nSPS) is 19.4. The molecule has 0 spiro atoms. The van der Waals surface area contributed by atoms with Crippen LogP contribution < -0.4 is 10.6 Å². The molecule has 0 radical (unpaired) electrons. The fourth-order valence-electron chi connectivity index (χ4n) is 5.16. The quantitative estimate of drug-likeness (QED) is 0.331. The number of anilines is 2. The number of amides is 3. The molecule has 0 aliphatic carbocycles. The van der Waals surface area contributed by atoms with Crippen molar-refractivity contribution in [3.63, 3.8) is 0 Å². The number of ether oxygens (including phenoxy) is 1. The van der Waals surface area contributed by atoms with Crippen molar-refractivity contribution in [2.45, 2.75) is 19.4 Å². The zero-order chi connectivity index (χ0) is 27.0. The van der Waals surface area contributed by atoms with Crippen LogP contribution in [0, 0.1) is 12.7 Å². The van der Waals surface area contributed by atoms with Crippen molar-refractivity contribution >= 4 is 40.7 Å². The Kier molecular flexibility index (Phi) is 7.30. The Morgan fingerprint density at radius 3 is 2.74 bits per heavy atom. The van der Waals surface area contributed by atoms with Crippen LogP contribution in [0.3, 0.4) is 0 Å². The summed E-state index contributed by atoms with van der Waals surface area (Å²) in [4.78, 5) is 44.5. The van der Waals surface area contributed by atoms with Crippen molar-refractivity contribution in [1.29, 1.82) is 0 Å². The Labute approximate surface area is 218 Å². The molecule has 5 rings (SSSR count). The number of β-amino-alcohol motifs (C(OH)–C–C–N with tert-alkyl or cyclic N) is 1. The lowest BCUT2D eigenvalue weighted by molar-refractivity contribution is -0.118. The highest BCUT2D eigenvalue weighted by atomic mass is 19.1. The molecule has 3 amide bonds. The molecule has 1 fully saturated rings. The highest BCUT2D eigenvalue weighted by Gasteiger charge is 2.32. The number of nitrogens with one attached hydrogen (secondary N) is 3. The largest absolute Gasteiger partial charge is 0.390 e. The molecule has 38 heavy (non-hydrogen) atoms. The van der Waals surface area contributed by atoms with Gasteiger partial charge in [-0.3, -0.25) is 19.3 Å². The minimum atomic E-state index is -0.798. The Morgan fingerprint density at radius 2 is 2.00 bits per heavy atom. The Morgan fingerprint density at radius 1 is 1.24 bits per heavy atom. The first kappa shape index (κ1) is 26.0. The number of morpholine rings is 1. The van der Waals surface area contributed by atoms with Gasteiger partial charge in [0.2, 0.25) is 5.91 Å². The predicted molar refractivity (Wildman–Crippen MR) is 137 cm³/mol. The topological polar surface area (TPSA) is 147 Å². The average molecular weight is 528 g/mol. The van der Waals surface area contributed by atoms with E-state index in [1.807, 2.05) is 0 Å². The maximum Gasteiger partial charge on any atom is 0.256 e. The Hall–Kier alpha value is -3.58. The van der Waals surface area contributed by atoms with E-state index in [0.717, 1.165) is 24.8 Å². The van der Waals surface area contributed by atoms with Gasteiger partial charge in [0, 0.05) is 56.1 Å². The van der Waals surface area contributed by atoms with Gasteiger partial charge in [-0.15, -0.1) is 0 Å². The van der Waals surface area contributed by atoms with Gasteiger partial charge in [-0.05, 0) is 30.7 Å². The Balaban J connectivity index is 1.35. The summed E-state index contributed by atoms with van der Waals surface area (Å²) in [5, 5.41) is 24.4. The lowest BCUT2D eigenvalue weighted by atomic mass is 10.0. The van der Waals surface area contributed by atoms with Crippen molar-refractivity contribution in [2.24, 2.45) is 0 Å². The van der Waals surface area contributed by atoms with Crippen molar-refractivity contribution in [2.75, 3.05) is 63.2 Å². The molecule has 11 nitrogen and oxygen atoms in total. The van der Waals surface area contributed by atoms with E-state index in [1.54, 1.807) is 17.9 Å². The molecular weight excluding hydrogens is 497 g/mol. The van der Waals surface area contributed by atoms with Crippen LogP contribution >= 0.6 is 0 Å². The third kappa shape index (κ3) is 5.07. The van der Waals surface area contributed by atoms with Gasteiger partial charge in [-0.2, -0.15) is 0 Å². The van der Waals surface area contributed by atoms with Crippen molar-refractivity contribution < 1.29 is 33.7 Å². The van der Waals surface area contributed by atoms with Gasteiger partial charge in [0.25, 0.3) is 11.8 Å². The number of rotatable bonds is 7. The summed E-state index contributed by atoms with van der Waals surface area (Å²) in [6.45, 7) is 4.92. The predicted octanol–water partition coefficient (Wildman–Crippen LogP) is 0.577. The summed E-state index contributed by atoms with van der Waals surface area (Å²) < 4.78 is 20.0. The zero-order valence-electron chi connectivity index (χ0n) is 21.0. The summed E-state index contributed by atoms with van der Waals surface area (Å²) in [6, 6.07) is 2.44. The summed E-state index contributed by atoms with van der Waals surface area (Å²) in [5.41, 5.74) is 3.21. The fraction of sp³-hybridized carbons (Fsp3) is 0.423. The van der Waals surface area contributed by atoms with Crippen LogP contribution in [0.25, 0.3) is 11.6 Å². The molecule has 5 N–H and O–H groups in total. The van der Waals surface area contributed by atoms with Gasteiger partial charge in [-0.1, -0.05) is 0 Å². The summed E-state index contributed by atoms with van der Waals surface area (Å²) in [5.74, 6) is -2.16. The van der Waals surface area contributed by atoms with E-state index in [-0.39, 0.29) is 23.7 Å². The van der Waals surface area contributed by atoms with Crippen LogP contribution in [0.1, 0.15) is 32.9 Å². The van der Waals surface area contributed by atoms with Gasteiger partial charge in [0.15, 0.2) is 0 Å². The number of aromatic amines is 1. The van der Waals surface area contributed by atoms with Crippen LogP contribution in [-0.2, 0) is 20.7 Å². The van der Waals surface area contributed by atoms with Gasteiger partial charge in [0.05, 0.1) is 41.8 Å². The van der Waals surface area contributed by atoms with Gasteiger partial charge in [-0.25, -0.2) is 4.39 Å². The third-order valence-electron chi connectivity index (χ3n) is 7.10. The van der Waals surface area contributed by atoms with Crippen LogP contribution in [0.2, 0.25) is 0 Å². The molecule has 1 aromatic carbocycles. The van der Waals surface area contributed by atoms with E-state index in [4.69, 9.17) is 9.84 Å². The number of nitrogens with zero attached hydrogens (tertiary/aromatic N) is 2. The lowest BCUT2D eigenvalue weighted by Gasteiger charge is -2.32. The minimum Gasteiger partial charge on any atom is -0.390 e. The molecule has 1 atom stereocenters. The van der Waals surface area contributed by atoms with Gasteiger partial charge >= 0.3 is 0 Å². The molecule has 1 unspecified atom stereocenters. The number of carbonyl (C=O) groups excluding carboxylic acids is 3. The highest BCUT2D eigenvalue weighted by Crippen LogP contribution is 2.37. The van der Waals surface area contributed by atoms with Crippen molar-refractivity contribution in [1.82, 2.24) is 14.8 Å². The molecule has 3 aliphatic rings. The van der Waals surface area contributed by atoms with E-state index in [1.165, 1.54) is 6.07 Å². The molecule has 12 heteroatoms. The SMILES string of the molecule is Cc1c(/C=C2\C(=O)Nc3cc(NC(=O)CO)c(F)cc32)[nH]c2c1C(=O)N(CC(O)CN1CCOCC1)CC2. The third-order valence-corrected chi connectivity index (χ3v) is 7.10. The average Bonchev–Trinajstić information content (AvgIpc) is 3.37. The molecule has 4 heterocycles. The summed E-state index contributed by atoms with van der Waals surface area (Å²) in [7, 11) is 0. The van der Waals surface area contributed by atoms with E-state index < -0.39 is 30.3 Å². The smallest absolute Gasteiger partial charge is 0.256 e. The number of hydrogen-bond donors (Lipinski definition) is 5. The number of carbonyl (C=O) groups is 3. The Bertz CT molecular complexity index is 1320. The van der Waals surface area contributed by atoms with Crippen LogP contribution in [-0.4, -0.2) is 101 Å². The number of fused-ring (bicyclic) bond motifs is 2. The maximum atomic E-state index is 14.6. The monoisotopic (exact) mass is 527 g/mol. The number of benzene rings is 1. The minimum absolute atomic E-state index is 0.155. The number of aromatic nitrogens is 1. The first-order valence-electron chi connectivity index (χ1n) is 12.5. The second-order valence-electron chi connectivity index (χ2n) is 9.68. The summed E-state index contributed by atoms with van der Waals surface area (Å²) in [6.07, 6.45) is 1.48. The fourth-order valence-corrected chi connectivity index (χ4v) is 5.16. The number of hydrogen-bond acceptors (Lipinski definition) is 7. The number of halogens is 1. The van der Waals surface area contributed by atoms with Crippen LogP contribution in [0.4, 0.5) is 15.8 Å². The number of aliphatic hydroxyl groups is 2. The molecule has 1 saturated heterocycles. The molecule has 3 aliphatic heterocycles. The van der Waals surface area contributed by atoms with E-state index in [0.29, 0.717) is 60.8 Å². The molecule has 0 bridgehead atoms. The first-order chi connectivity index (χ1) is 18.2. The van der Waals surface area contributed by atoms with Gasteiger partial charge < -0.3 is 35.5 Å². The number of H-pyrrole nitrogens is 1. The van der Waals surface area contributed by atoms with Crippen molar-refractivity contribution in [3.05, 3.63) is 46.0 Å². The zero-order valence-corrected chi connectivity index (χ0v) is 21.0. The van der Waals surface area contributed by atoms with Crippen LogP contribution in [0.15, 0.2) is 12.1 Å². The van der Waals surface area contributed by atoms with Gasteiger partial charge in [0.1, 0.15) is 12.4 Å². The van der Waals surface area contributed by atoms with Crippen molar-refractivity contribution in [3.8, 4) is 0 Å². The lowest BCUT2D eigenvalue weighted by Crippen LogP contribution is -2.47. The molecular formula is C26H30FN5O6. The highest BCUT2D eigenvalue weighted by molar-refractivity contribution is 6.35. The number of aliphatic hydroxyl groups excluding tert-OH is 2. The summed E-state index contributed by atoms with van der Waals surface area (Å²) >= 11 is 0. The second kappa shape index (κ2) is 10.7. The van der Waals surface area contributed by atoms with E-state index >= 15 is 0 Å². The van der Waals surface area contributed by atoms with Crippen LogP contribution in [0.5, 0.6) is 0 Å². The molecule has 1 aromatic heterocycles. The molecule has 202 valence electrons. The molecule has 0 saturated carbocycles. The van der Waals surface area contributed by atoms with E-state index in [2.05, 4.69) is 20.5 Å². The second-order valence-corrected chi connectivity index (χ2v) is 9.68. The first-order valence-corrected chi connectivity index (χ1v) is 12.5. The standard InChI is InChI=1S/C26H30FN5O6/c1-14-20(9-17-16-8-18(27)22(29-23(35)13-33)10-21(16)30-25(17)36)28-19-2-3-32(26(37)24(14)19)12-15(34)11-31-4-6-38-7-5-31/h8-10,15,28,33-34H,2-7,11-13H2,1H3,(H,29,35)(H,30,36)/b17-9-.